The van der Waals surface area contributed by atoms with Gasteiger partial charge in [-0.05, 0) is 29.2 Å². The summed E-state index contributed by atoms with van der Waals surface area (Å²) in [7, 11) is 1.80. The third-order valence-corrected chi connectivity index (χ3v) is 4.46. The fourth-order valence-electron chi connectivity index (χ4n) is 3.09. The van der Waals surface area contributed by atoms with E-state index in [9.17, 15) is 9.59 Å². The first-order chi connectivity index (χ1) is 11.1. The second kappa shape index (κ2) is 6.82. The van der Waals surface area contributed by atoms with E-state index in [2.05, 4.69) is 24.3 Å². The molecule has 2 aromatic carbocycles. The lowest BCUT2D eigenvalue weighted by atomic mass is 10.0. The minimum absolute atomic E-state index is 0.00631. The first-order valence-electron chi connectivity index (χ1n) is 8.13. The predicted molar refractivity (Wildman–Crippen MR) is 90.9 cm³/mol. The first-order valence-corrected chi connectivity index (χ1v) is 8.13. The molecule has 0 saturated carbocycles. The van der Waals surface area contributed by atoms with Gasteiger partial charge in [-0.15, -0.1) is 0 Å². The smallest absolute Gasteiger partial charge is 0.242 e. The summed E-state index contributed by atoms with van der Waals surface area (Å²) < 4.78 is 0. The van der Waals surface area contributed by atoms with Crippen LogP contribution < -0.4 is 0 Å². The monoisotopic (exact) mass is 310 g/mol. The molecule has 4 heteroatoms. The van der Waals surface area contributed by atoms with Gasteiger partial charge in [0.25, 0.3) is 0 Å². The number of nitrogens with zero attached hydrogens (tertiary/aromatic N) is 2. The average molecular weight is 310 g/mol. The Morgan fingerprint density at radius 3 is 2.74 bits per heavy atom. The van der Waals surface area contributed by atoms with Gasteiger partial charge >= 0.3 is 0 Å². The normalized spacial score (nSPS) is 15.0. The van der Waals surface area contributed by atoms with E-state index in [0.29, 0.717) is 19.5 Å². The van der Waals surface area contributed by atoms with Crippen molar-refractivity contribution in [3.63, 3.8) is 0 Å². The largest absolute Gasteiger partial charge is 0.340 e. The Balaban J connectivity index is 1.69. The number of likely N-dealkylation sites (N-methyl/N-ethyl adjacent to an activating group) is 1. The number of amides is 2. The van der Waals surface area contributed by atoms with Gasteiger partial charge in [0.1, 0.15) is 0 Å². The Hall–Kier alpha value is -2.36. The maximum Gasteiger partial charge on any atom is 0.242 e. The van der Waals surface area contributed by atoms with Crippen LogP contribution in [0.2, 0.25) is 0 Å². The van der Waals surface area contributed by atoms with Crippen molar-refractivity contribution in [2.75, 3.05) is 20.1 Å². The molecule has 0 radical (unpaired) electrons. The summed E-state index contributed by atoms with van der Waals surface area (Å²) in [5, 5.41) is 2.35. The van der Waals surface area contributed by atoms with Gasteiger partial charge in [0.2, 0.25) is 11.8 Å². The van der Waals surface area contributed by atoms with Gasteiger partial charge < -0.3 is 9.80 Å². The van der Waals surface area contributed by atoms with Crippen molar-refractivity contribution < 1.29 is 9.59 Å². The molecule has 1 heterocycles. The van der Waals surface area contributed by atoms with Crippen LogP contribution in [0.5, 0.6) is 0 Å². The quantitative estimate of drug-likeness (QED) is 0.871. The van der Waals surface area contributed by atoms with Crippen molar-refractivity contribution in [3.8, 4) is 0 Å². The van der Waals surface area contributed by atoms with Crippen LogP contribution in [0.15, 0.2) is 42.5 Å². The molecule has 2 aromatic rings. The predicted octanol–water partition coefficient (Wildman–Crippen LogP) is 2.81. The van der Waals surface area contributed by atoms with Gasteiger partial charge in [0.05, 0.1) is 6.54 Å². The summed E-state index contributed by atoms with van der Waals surface area (Å²) in [6, 6.07) is 14.3. The lowest BCUT2D eigenvalue weighted by molar-refractivity contribution is -0.141. The van der Waals surface area contributed by atoms with Crippen molar-refractivity contribution in [2.24, 2.45) is 0 Å². The molecule has 120 valence electrons. The Morgan fingerprint density at radius 2 is 1.91 bits per heavy atom. The molecular weight excluding hydrogens is 288 g/mol. The topological polar surface area (TPSA) is 40.6 Å². The summed E-state index contributed by atoms with van der Waals surface area (Å²) in [5.74, 6) is 0.0938. The summed E-state index contributed by atoms with van der Waals surface area (Å²) in [5.41, 5.74) is 1.13. The molecule has 0 aliphatic carbocycles. The molecular formula is C19H22N2O2. The number of piperidine rings is 1. The van der Waals surface area contributed by atoms with Crippen LogP contribution in [0.1, 0.15) is 24.8 Å². The number of carbonyl (C=O) groups is 2. The molecule has 0 aromatic heterocycles. The molecule has 1 fully saturated rings. The van der Waals surface area contributed by atoms with Crippen LogP contribution in [-0.2, 0) is 16.1 Å². The number of rotatable bonds is 4. The van der Waals surface area contributed by atoms with E-state index in [0.717, 1.165) is 18.4 Å². The zero-order chi connectivity index (χ0) is 16.2. The van der Waals surface area contributed by atoms with Gasteiger partial charge in [0, 0.05) is 26.6 Å². The Bertz CT molecular complexity index is 721. The fraction of sp³-hybridized carbons (Fsp3) is 0.368. The summed E-state index contributed by atoms with van der Waals surface area (Å²) in [6.45, 7) is 1.45. The van der Waals surface area contributed by atoms with Crippen LogP contribution in [0.25, 0.3) is 10.8 Å². The highest BCUT2D eigenvalue weighted by Crippen LogP contribution is 2.20. The maximum absolute atomic E-state index is 12.4. The molecule has 0 N–H and O–H groups in total. The summed E-state index contributed by atoms with van der Waals surface area (Å²) >= 11 is 0. The number of fused-ring (bicyclic) bond motifs is 1. The standard InChI is InChI=1S/C19H22N2O2/c1-20(19(23)14-21-12-5-4-11-18(21)22)13-16-9-6-8-15-7-2-3-10-17(15)16/h2-3,6-10H,4-5,11-14H2,1H3. The molecule has 0 atom stereocenters. The van der Waals surface area contributed by atoms with Crippen LogP contribution >= 0.6 is 0 Å². The Labute approximate surface area is 136 Å². The highest BCUT2D eigenvalue weighted by Gasteiger charge is 2.22. The highest BCUT2D eigenvalue weighted by molar-refractivity contribution is 5.87. The van der Waals surface area contributed by atoms with Crippen molar-refractivity contribution in [1.29, 1.82) is 0 Å². The minimum atomic E-state index is -0.00631. The van der Waals surface area contributed by atoms with E-state index < -0.39 is 0 Å². The van der Waals surface area contributed by atoms with Crippen molar-refractivity contribution in [1.82, 2.24) is 9.80 Å². The summed E-state index contributed by atoms with van der Waals surface area (Å²) in [6.07, 6.45) is 2.50. The van der Waals surface area contributed by atoms with Crippen molar-refractivity contribution in [3.05, 3.63) is 48.0 Å². The SMILES string of the molecule is CN(Cc1cccc2ccccc12)C(=O)CN1CCCCC1=O. The van der Waals surface area contributed by atoms with Gasteiger partial charge in [-0.3, -0.25) is 9.59 Å². The second-order valence-electron chi connectivity index (χ2n) is 6.16. The molecule has 23 heavy (non-hydrogen) atoms. The summed E-state index contributed by atoms with van der Waals surface area (Å²) in [4.78, 5) is 27.7. The molecule has 0 spiro atoms. The Morgan fingerprint density at radius 1 is 1.13 bits per heavy atom. The van der Waals surface area contributed by atoms with E-state index in [-0.39, 0.29) is 18.4 Å². The second-order valence-corrected chi connectivity index (χ2v) is 6.16. The lowest BCUT2D eigenvalue weighted by Gasteiger charge is -2.28. The molecule has 2 amide bonds. The highest BCUT2D eigenvalue weighted by atomic mass is 16.2. The molecule has 1 aliphatic heterocycles. The fourth-order valence-corrected chi connectivity index (χ4v) is 3.09. The molecule has 0 bridgehead atoms. The van der Waals surface area contributed by atoms with Crippen molar-refractivity contribution in [2.45, 2.75) is 25.8 Å². The number of benzene rings is 2. The van der Waals surface area contributed by atoms with E-state index >= 15 is 0 Å². The van der Waals surface area contributed by atoms with Crippen LogP contribution in [0.3, 0.4) is 0 Å². The number of carbonyl (C=O) groups excluding carboxylic acids is 2. The lowest BCUT2D eigenvalue weighted by Crippen LogP contribution is -2.43. The molecule has 4 nitrogen and oxygen atoms in total. The average Bonchev–Trinajstić information content (AvgIpc) is 2.57. The van der Waals surface area contributed by atoms with Crippen LogP contribution in [0, 0.1) is 0 Å². The van der Waals surface area contributed by atoms with Gasteiger partial charge in [0.15, 0.2) is 0 Å². The van der Waals surface area contributed by atoms with Crippen LogP contribution in [-0.4, -0.2) is 41.8 Å². The van der Waals surface area contributed by atoms with Gasteiger partial charge in [-0.1, -0.05) is 42.5 Å². The van der Waals surface area contributed by atoms with E-state index in [1.165, 1.54) is 10.8 Å². The van der Waals surface area contributed by atoms with E-state index in [1.54, 1.807) is 16.8 Å². The van der Waals surface area contributed by atoms with Crippen LogP contribution in [0.4, 0.5) is 0 Å². The number of likely N-dealkylation sites (tertiary alicyclic amines) is 1. The molecule has 0 unspecified atom stereocenters. The number of hydrogen-bond acceptors (Lipinski definition) is 2. The number of hydrogen-bond donors (Lipinski definition) is 0. The third-order valence-electron chi connectivity index (χ3n) is 4.46. The van der Waals surface area contributed by atoms with E-state index in [4.69, 9.17) is 0 Å². The van der Waals surface area contributed by atoms with E-state index in [1.807, 2.05) is 18.2 Å². The Kier molecular flexibility index (Phi) is 4.60. The van der Waals surface area contributed by atoms with Gasteiger partial charge in [-0.25, -0.2) is 0 Å². The zero-order valence-electron chi connectivity index (χ0n) is 13.5. The first kappa shape index (κ1) is 15.5. The van der Waals surface area contributed by atoms with Gasteiger partial charge in [-0.2, -0.15) is 0 Å². The zero-order valence-corrected chi connectivity index (χ0v) is 13.5. The third kappa shape index (κ3) is 3.52. The molecule has 1 aliphatic rings. The van der Waals surface area contributed by atoms with Crippen molar-refractivity contribution >= 4 is 22.6 Å². The minimum Gasteiger partial charge on any atom is -0.340 e. The molecule has 3 rings (SSSR count). The maximum atomic E-state index is 12.4. The molecule has 1 saturated heterocycles.